The molecule has 2 N–H and O–H groups in total. The Morgan fingerprint density at radius 3 is 1.94 bits per heavy atom. The molecule has 1 aromatic carbocycles. The number of methoxy groups -OCH3 is 1. The van der Waals surface area contributed by atoms with Gasteiger partial charge in [0.25, 0.3) is 0 Å². The van der Waals surface area contributed by atoms with E-state index in [2.05, 4.69) is 41.0 Å². The first-order valence-electron chi connectivity index (χ1n) is 13.3. The van der Waals surface area contributed by atoms with Crippen LogP contribution in [0.5, 0.6) is 5.75 Å². The van der Waals surface area contributed by atoms with E-state index in [1.165, 1.54) is 96.3 Å². The van der Waals surface area contributed by atoms with Gasteiger partial charge < -0.3 is 15.4 Å². The summed E-state index contributed by atoms with van der Waals surface area (Å²) in [7, 11) is 1.77. The van der Waals surface area contributed by atoms with Crippen LogP contribution in [0.3, 0.4) is 0 Å². The lowest BCUT2D eigenvalue weighted by atomic mass is 9.94. The van der Waals surface area contributed by atoms with Crippen LogP contribution in [0.4, 0.5) is 0 Å². The molecule has 3 aliphatic rings. The van der Waals surface area contributed by atoms with Crippen molar-refractivity contribution in [2.75, 3.05) is 7.11 Å². The summed E-state index contributed by atoms with van der Waals surface area (Å²) in [4.78, 5) is 5.29. The van der Waals surface area contributed by atoms with Gasteiger partial charge in [-0.2, -0.15) is 0 Å². The molecule has 3 aliphatic carbocycles. The summed E-state index contributed by atoms with van der Waals surface area (Å²) in [6, 6.07) is 9.96. The summed E-state index contributed by atoms with van der Waals surface area (Å²) < 4.78 is 5.76. The van der Waals surface area contributed by atoms with E-state index < -0.39 is 0 Å². The predicted octanol–water partition coefficient (Wildman–Crippen LogP) is 7.19. The molecule has 4 rings (SSSR count). The molecule has 0 spiro atoms. The number of ether oxygens (including phenoxy) is 1. The number of aliphatic imine (C=N–C) groups is 1. The highest BCUT2D eigenvalue weighted by Gasteiger charge is 2.20. The van der Waals surface area contributed by atoms with Crippen molar-refractivity contribution < 1.29 is 4.74 Å². The van der Waals surface area contributed by atoms with Crippen LogP contribution < -0.4 is 15.4 Å². The number of hydrogen-bond acceptors (Lipinski definition) is 3. The van der Waals surface area contributed by atoms with Crippen molar-refractivity contribution in [3.05, 3.63) is 35.9 Å². The maximum Gasteiger partial charge on any atom is 0.128 e. The van der Waals surface area contributed by atoms with Crippen LogP contribution in [0, 0.1) is 0 Å². The maximum atomic E-state index is 5.76. The summed E-state index contributed by atoms with van der Waals surface area (Å²) >= 11 is 0. The van der Waals surface area contributed by atoms with E-state index in [-0.39, 0.29) is 17.0 Å². The molecule has 3 fully saturated rings. The van der Waals surface area contributed by atoms with Crippen molar-refractivity contribution in [2.24, 2.45) is 4.99 Å². The molecule has 0 radical (unpaired) electrons. The SMILES string of the molecule is Br.COc1ccccc1/C(=C/C(=NC1CCCCC1)NC1CCCCC1)NC1CCCCC1. The summed E-state index contributed by atoms with van der Waals surface area (Å²) in [5.41, 5.74) is 2.30. The van der Waals surface area contributed by atoms with Gasteiger partial charge in [-0.05, 0) is 50.7 Å². The van der Waals surface area contributed by atoms with Gasteiger partial charge in [-0.3, -0.25) is 4.99 Å². The highest BCUT2D eigenvalue weighted by Crippen LogP contribution is 2.28. The third kappa shape index (κ3) is 8.05. The fourth-order valence-electron chi connectivity index (χ4n) is 5.65. The smallest absolute Gasteiger partial charge is 0.128 e. The molecule has 0 bridgehead atoms. The van der Waals surface area contributed by atoms with E-state index in [9.17, 15) is 0 Å². The second kappa shape index (κ2) is 14.0. The third-order valence-corrected chi connectivity index (χ3v) is 7.50. The average Bonchev–Trinajstić information content (AvgIpc) is 2.85. The van der Waals surface area contributed by atoms with Crippen molar-refractivity contribution >= 4 is 28.5 Å². The molecule has 4 nitrogen and oxygen atoms in total. The Balaban J connectivity index is 0.00000306. The number of amidine groups is 1. The lowest BCUT2D eigenvalue weighted by Crippen LogP contribution is -2.37. The Labute approximate surface area is 211 Å². The number of halogens is 1. The number of nitrogens with zero attached hydrogens (tertiary/aromatic N) is 1. The van der Waals surface area contributed by atoms with Crippen LogP contribution in [-0.2, 0) is 0 Å². The van der Waals surface area contributed by atoms with Gasteiger partial charge in [0.2, 0.25) is 0 Å². The van der Waals surface area contributed by atoms with Gasteiger partial charge in [-0.15, -0.1) is 17.0 Å². The number of para-hydroxylation sites is 1. The molecule has 5 heteroatoms. The molecule has 3 saturated carbocycles. The van der Waals surface area contributed by atoms with Crippen LogP contribution in [0.2, 0.25) is 0 Å². The quantitative estimate of drug-likeness (QED) is 0.297. The van der Waals surface area contributed by atoms with Gasteiger partial charge in [0.05, 0.1) is 13.2 Å². The molecule has 0 aromatic heterocycles. The molecule has 0 amide bonds. The van der Waals surface area contributed by atoms with E-state index in [1.54, 1.807) is 7.11 Å². The predicted molar refractivity (Wildman–Crippen MR) is 146 cm³/mol. The van der Waals surface area contributed by atoms with E-state index in [4.69, 9.17) is 9.73 Å². The second-order valence-corrected chi connectivity index (χ2v) is 10.0. The highest BCUT2D eigenvalue weighted by atomic mass is 79.9. The fraction of sp³-hybridized carbons (Fsp3) is 0.679. The van der Waals surface area contributed by atoms with Gasteiger partial charge >= 0.3 is 0 Å². The molecule has 0 aliphatic heterocycles. The Hall–Kier alpha value is -1.49. The number of rotatable bonds is 7. The molecule has 184 valence electrons. The summed E-state index contributed by atoms with van der Waals surface area (Å²) in [5, 5.41) is 7.78. The summed E-state index contributed by atoms with van der Waals surface area (Å²) in [6.07, 6.45) is 21.8. The van der Waals surface area contributed by atoms with Gasteiger partial charge in [0, 0.05) is 29.4 Å². The van der Waals surface area contributed by atoms with Crippen LogP contribution in [-0.4, -0.2) is 31.1 Å². The molecule has 1 aromatic rings. The Bertz CT molecular complexity index is 760. The zero-order valence-corrected chi connectivity index (χ0v) is 22.2. The van der Waals surface area contributed by atoms with Crippen molar-refractivity contribution in [3.63, 3.8) is 0 Å². The monoisotopic (exact) mass is 517 g/mol. The zero-order chi connectivity index (χ0) is 22.0. The standard InChI is InChI=1S/C28H43N3O.BrH/c1-32-27-20-12-11-19-25(27)26(29-22-13-5-2-6-14-22)21-28(30-23-15-7-3-8-16-23)31-24-17-9-4-10-18-24;/h11-12,19-24,29H,2-10,13-18H2,1H3,(H,30,31);1H/b26-21-;. The molecular weight excluding hydrogens is 474 g/mol. The van der Waals surface area contributed by atoms with Crippen LogP contribution in [0.1, 0.15) is 102 Å². The first kappa shape index (κ1) is 26.1. The lowest BCUT2D eigenvalue weighted by Gasteiger charge is -2.28. The Kier molecular flexibility index (Phi) is 11.1. The molecule has 33 heavy (non-hydrogen) atoms. The average molecular weight is 519 g/mol. The third-order valence-electron chi connectivity index (χ3n) is 7.50. The largest absolute Gasteiger partial charge is 0.496 e. The Morgan fingerprint density at radius 1 is 0.788 bits per heavy atom. The first-order valence-corrected chi connectivity index (χ1v) is 13.3. The van der Waals surface area contributed by atoms with Crippen molar-refractivity contribution in [3.8, 4) is 5.75 Å². The minimum absolute atomic E-state index is 0. The minimum atomic E-state index is 0. The maximum absolute atomic E-state index is 5.76. The zero-order valence-electron chi connectivity index (χ0n) is 20.5. The summed E-state index contributed by atoms with van der Waals surface area (Å²) in [5.74, 6) is 2.00. The highest BCUT2D eigenvalue weighted by molar-refractivity contribution is 8.93. The van der Waals surface area contributed by atoms with Gasteiger partial charge in [-0.1, -0.05) is 69.9 Å². The number of hydrogen-bond donors (Lipinski definition) is 2. The first-order chi connectivity index (χ1) is 15.8. The van der Waals surface area contributed by atoms with E-state index >= 15 is 0 Å². The van der Waals surface area contributed by atoms with E-state index in [0.29, 0.717) is 18.1 Å². The molecule has 0 saturated heterocycles. The second-order valence-electron chi connectivity index (χ2n) is 10.0. The van der Waals surface area contributed by atoms with E-state index in [1.807, 2.05) is 0 Å². The fourth-order valence-corrected chi connectivity index (χ4v) is 5.65. The van der Waals surface area contributed by atoms with Crippen LogP contribution in [0.25, 0.3) is 5.70 Å². The van der Waals surface area contributed by atoms with Crippen LogP contribution in [0.15, 0.2) is 35.3 Å². The molecule has 0 unspecified atom stereocenters. The normalized spacial score (nSPS) is 21.8. The van der Waals surface area contributed by atoms with Gasteiger partial charge in [0.1, 0.15) is 11.6 Å². The molecular formula is C28H44BrN3O. The van der Waals surface area contributed by atoms with Crippen LogP contribution >= 0.6 is 17.0 Å². The van der Waals surface area contributed by atoms with Gasteiger partial charge in [0.15, 0.2) is 0 Å². The van der Waals surface area contributed by atoms with E-state index in [0.717, 1.165) is 22.8 Å². The van der Waals surface area contributed by atoms with Crippen molar-refractivity contribution in [2.45, 2.75) is 114 Å². The number of nitrogens with one attached hydrogen (secondary N) is 2. The number of benzene rings is 1. The van der Waals surface area contributed by atoms with Gasteiger partial charge in [-0.25, -0.2) is 0 Å². The topological polar surface area (TPSA) is 45.6 Å². The van der Waals surface area contributed by atoms with Crippen molar-refractivity contribution in [1.29, 1.82) is 0 Å². The van der Waals surface area contributed by atoms with Crippen molar-refractivity contribution in [1.82, 2.24) is 10.6 Å². The summed E-state index contributed by atoms with van der Waals surface area (Å²) in [6.45, 7) is 0. The minimum Gasteiger partial charge on any atom is -0.496 e. The molecule has 0 atom stereocenters. The molecule has 0 heterocycles. The lowest BCUT2D eigenvalue weighted by molar-refractivity contribution is 0.402. The Morgan fingerprint density at radius 2 is 1.33 bits per heavy atom.